The van der Waals surface area contributed by atoms with Crippen LogP contribution in [0.1, 0.15) is 30.5 Å². The molecule has 1 spiro atoms. The second-order valence-corrected chi connectivity index (χ2v) is 6.86. The standard InChI is InChI=1S/C16H29N5.2ClH/c1-14-11-18-20(3)15(14)12-21-10-4-9-19(2)16(13-21)5-7-17-8-6-16;;/h11,17H,4-10,12-13H2,1-3H3;2*1H. The quantitative estimate of drug-likeness (QED) is 0.869. The maximum atomic E-state index is 4.39. The van der Waals surface area contributed by atoms with E-state index in [-0.39, 0.29) is 24.8 Å². The molecule has 2 aliphatic heterocycles. The molecule has 0 aromatic carbocycles. The highest BCUT2D eigenvalue weighted by Gasteiger charge is 2.39. The van der Waals surface area contributed by atoms with Gasteiger partial charge in [0.25, 0.3) is 0 Å². The third kappa shape index (κ3) is 4.40. The van der Waals surface area contributed by atoms with E-state index in [2.05, 4.69) is 41.2 Å². The number of halogens is 2. The molecule has 0 unspecified atom stereocenters. The maximum Gasteiger partial charge on any atom is 0.0550 e. The molecule has 0 atom stereocenters. The number of nitrogens with zero attached hydrogens (tertiary/aromatic N) is 4. The van der Waals surface area contributed by atoms with Crippen molar-refractivity contribution in [3.05, 3.63) is 17.5 Å². The van der Waals surface area contributed by atoms with Gasteiger partial charge in [0.2, 0.25) is 0 Å². The third-order valence-corrected chi connectivity index (χ3v) is 5.47. The minimum atomic E-state index is 0. The summed E-state index contributed by atoms with van der Waals surface area (Å²) in [5.41, 5.74) is 3.05. The Morgan fingerprint density at radius 2 is 1.87 bits per heavy atom. The lowest BCUT2D eigenvalue weighted by Gasteiger charge is -2.45. The second kappa shape index (κ2) is 8.67. The van der Waals surface area contributed by atoms with Crippen molar-refractivity contribution in [2.75, 3.05) is 39.8 Å². The van der Waals surface area contributed by atoms with E-state index in [1.165, 1.54) is 50.2 Å². The Hall–Kier alpha value is -0.330. The zero-order valence-electron chi connectivity index (χ0n) is 14.5. The SMILES string of the molecule is Cc1cnn(C)c1CN1CCCN(C)C2(CCNCC2)C1.Cl.Cl. The molecule has 23 heavy (non-hydrogen) atoms. The van der Waals surface area contributed by atoms with Gasteiger partial charge in [-0.25, -0.2) is 0 Å². The van der Waals surface area contributed by atoms with Crippen LogP contribution in [0.4, 0.5) is 0 Å². The van der Waals surface area contributed by atoms with Crippen molar-refractivity contribution in [2.24, 2.45) is 7.05 Å². The van der Waals surface area contributed by atoms with Crippen LogP contribution in [0.3, 0.4) is 0 Å². The molecule has 2 saturated heterocycles. The third-order valence-electron chi connectivity index (χ3n) is 5.47. The molecule has 0 aliphatic carbocycles. The molecule has 134 valence electrons. The van der Waals surface area contributed by atoms with Crippen molar-refractivity contribution in [3.8, 4) is 0 Å². The number of piperidine rings is 1. The molecule has 2 fully saturated rings. The van der Waals surface area contributed by atoms with Crippen LogP contribution in [0.2, 0.25) is 0 Å². The van der Waals surface area contributed by atoms with Gasteiger partial charge in [-0.15, -0.1) is 24.8 Å². The Kier molecular flexibility index (Phi) is 7.81. The Morgan fingerprint density at radius 1 is 1.17 bits per heavy atom. The molecule has 3 rings (SSSR count). The van der Waals surface area contributed by atoms with Crippen LogP contribution in [-0.2, 0) is 13.6 Å². The number of rotatable bonds is 2. The predicted octanol–water partition coefficient (Wildman–Crippen LogP) is 1.83. The van der Waals surface area contributed by atoms with Gasteiger partial charge in [-0.05, 0) is 65.0 Å². The monoisotopic (exact) mass is 363 g/mol. The molecule has 0 bridgehead atoms. The molecule has 0 radical (unpaired) electrons. The molecule has 1 aromatic heterocycles. The molecule has 3 heterocycles. The number of aromatic nitrogens is 2. The minimum absolute atomic E-state index is 0. The fourth-order valence-electron chi connectivity index (χ4n) is 3.96. The molecule has 1 N–H and O–H groups in total. The summed E-state index contributed by atoms with van der Waals surface area (Å²) in [4.78, 5) is 5.28. The van der Waals surface area contributed by atoms with E-state index < -0.39 is 0 Å². The van der Waals surface area contributed by atoms with E-state index in [0.29, 0.717) is 5.54 Å². The first-order chi connectivity index (χ1) is 10.1. The molecular weight excluding hydrogens is 333 g/mol. The lowest BCUT2D eigenvalue weighted by atomic mass is 9.86. The second-order valence-electron chi connectivity index (χ2n) is 6.86. The van der Waals surface area contributed by atoms with Crippen LogP contribution in [0.5, 0.6) is 0 Å². The van der Waals surface area contributed by atoms with Crippen molar-refractivity contribution in [2.45, 2.75) is 38.3 Å². The lowest BCUT2D eigenvalue weighted by molar-refractivity contribution is 0.0630. The molecular formula is C16H31Cl2N5. The van der Waals surface area contributed by atoms with Gasteiger partial charge in [-0.1, -0.05) is 0 Å². The van der Waals surface area contributed by atoms with E-state index in [0.717, 1.165) is 19.6 Å². The fraction of sp³-hybridized carbons (Fsp3) is 0.812. The summed E-state index contributed by atoms with van der Waals surface area (Å²) in [6.07, 6.45) is 5.79. The van der Waals surface area contributed by atoms with Crippen LogP contribution in [0.25, 0.3) is 0 Å². The molecule has 0 amide bonds. The summed E-state index contributed by atoms with van der Waals surface area (Å²) in [7, 11) is 4.39. The first kappa shape index (κ1) is 20.7. The molecule has 2 aliphatic rings. The van der Waals surface area contributed by atoms with E-state index in [4.69, 9.17) is 0 Å². The highest BCUT2D eigenvalue weighted by atomic mass is 35.5. The van der Waals surface area contributed by atoms with Gasteiger partial charge in [-0.2, -0.15) is 5.10 Å². The number of hydrogen-bond donors (Lipinski definition) is 1. The smallest absolute Gasteiger partial charge is 0.0550 e. The first-order valence-electron chi connectivity index (χ1n) is 8.22. The molecule has 7 heteroatoms. The highest BCUT2D eigenvalue weighted by Crippen LogP contribution is 2.29. The van der Waals surface area contributed by atoms with Gasteiger partial charge in [-0.3, -0.25) is 14.5 Å². The van der Waals surface area contributed by atoms with E-state index >= 15 is 0 Å². The Labute approximate surface area is 152 Å². The maximum absolute atomic E-state index is 4.39. The zero-order valence-corrected chi connectivity index (χ0v) is 16.2. The summed E-state index contributed by atoms with van der Waals surface area (Å²) in [5.74, 6) is 0. The number of nitrogens with one attached hydrogen (secondary N) is 1. The molecule has 0 saturated carbocycles. The van der Waals surface area contributed by atoms with Gasteiger partial charge >= 0.3 is 0 Å². The number of likely N-dealkylation sites (N-methyl/N-ethyl adjacent to an activating group) is 1. The van der Waals surface area contributed by atoms with Crippen molar-refractivity contribution in [1.82, 2.24) is 24.9 Å². The molecule has 5 nitrogen and oxygen atoms in total. The fourth-order valence-corrected chi connectivity index (χ4v) is 3.96. The lowest BCUT2D eigenvalue weighted by Crippen LogP contribution is -2.57. The zero-order chi connectivity index (χ0) is 14.9. The Morgan fingerprint density at radius 3 is 2.48 bits per heavy atom. The summed E-state index contributed by atoms with van der Waals surface area (Å²) >= 11 is 0. The normalized spacial score (nSPS) is 22.2. The summed E-state index contributed by atoms with van der Waals surface area (Å²) in [6, 6.07) is 0. The Bertz CT molecular complexity index is 465. The van der Waals surface area contributed by atoms with Crippen molar-refractivity contribution >= 4 is 24.8 Å². The Balaban J connectivity index is 0.00000132. The van der Waals surface area contributed by atoms with Gasteiger partial charge in [0, 0.05) is 25.7 Å². The number of aryl methyl sites for hydroxylation is 2. The van der Waals surface area contributed by atoms with Crippen molar-refractivity contribution in [3.63, 3.8) is 0 Å². The van der Waals surface area contributed by atoms with Crippen LogP contribution in [0, 0.1) is 6.92 Å². The van der Waals surface area contributed by atoms with E-state index in [1.807, 2.05) is 10.9 Å². The van der Waals surface area contributed by atoms with E-state index in [9.17, 15) is 0 Å². The minimum Gasteiger partial charge on any atom is -0.317 e. The first-order valence-corrected chi connectivity index (χ1v) is 8.22. The van der Waals surface area contributed by atoms with Gasteiger partial charge in [0.1, 0.15) is 0 Å². The van der Waals surface area contributed by atoms with E-state index in [1.54, 1.807) is 0 Å². The summed E-state index contributed by atoms with van der Waals surface area (Å²) in [6.45, 7) is 9.13. The van der Waals surface area contributed by atoms with Crippen LogP contribution in [-0.4, -0.2) is 64.9 Å². The summed E-state index contributed by atoms with van der Waals surface area (Å²) in [5, 5.41) is 7.91. The average Bonchev–Trinajstić information content (AvgIpc) is 2.71. The van der Waals surface area contributed by atoms with Gasteiger partial charge in [0.15, 0.2) is 0 Å². The number of hydrogen-bond acceptors (Lipinski definition) is 4. The van der Waals surface area contributed by atoms with Crippen molar-refractivity contribution in [1.29, 1.82) is 0 Å². The topological polar surface area (TPSA) is 36.3 Å². The predicted molar refractivity (Wildman–Crippen MR) is 99.8 cm³/mol. The van der Waals surface area contributed by atoms with Crippen LogP contribution < -0.4 is 5.32 Å². The largest absolute Gasteiger partial charge is 0.317 e. The molecule has 1 aromatic rings. The summed E-state index contributed by atoms with van der Waals surface area (Å²) < 4.78 is 2.04. The van der Waals surface area contributed by atoms with Crippen molar-refractivity contribution < 1.29 is 0 Å². The van der Waals surface area contributed by atoms with Gasteiger partial charge < -0.3 is 5.32 Å². The highest BCUT2D eigenvalue weighted by molar-refractivity contribution is 5.85. The van der Waals surface area contributed by atoms with Gasteiger partial charge in [0.05, 0.1) is 11.9 Å². The van der Waals surface area contributed by atoms with Crippen LogP contribution >= 0.6 is 24.8 Å². The van der Waals surface area contributed by atoms with Crippen LogP contribution in [0.15, 0.2) is 6.20 Å². The average molecular weight is 364 g/mol.